The number of aromatic hydroxyl groups is 1. The lowest BCUT2D eigenvalue weighted by Crippen LogP contribution is -2.18. The van der Waals surface area contributed by atoms with Crippen molar-refractivity contribution in [3.05, 3.63) is 28.2 Å². The number of phenolic OH excluding ortho intramolecular Hbond substituents is 1. The molecule has 2 N–H and O–H groups in total. The van der Waals surface area contributed by atoms with E-state index in [1.807, 2.05) is 0 Å². The van der Waals surface area contributed by atoms with Crippen LogP contribution in [0, 0.1) is 0 Å². The second-order valence-electron chi connectivity index (χ2n) is 2.91. The lowest BCUT2D eigenvalue weighted by atomic mass is 10.0. The zero-order valence-electron chi connectivity index (χ0n) is 7.38. The molecular weight excluding hydrogens is 274 g/mol. The molecule has 0 saturated heterocycles. The fraction of sp³-hybridized carbons (Fsp3) is 0.222. The first kappa shape index (κ1) is 11.9. The second-order valence-corrected chi connectivity index (χ2v) is 3.77. The van der Waals surface area contributed by atoms with Crippen molar-refractivity contribution in [1.82, 2.24) is 0 Å². The molecule has 1 aromatic rings. The predicted octanol–water partition coefficient (Wildman–Crippen LogP) is 2.72. The molecule has 0 aromatic heterocycles. The maximum atomic E-state index is 13.3. The van der Waals surface area contributed by atoms with Crippen molar-refractivity contribution in [1.29, 1.82) is 0 Å². The highest BCUT2D eigenvalue weighted by molar-refractivity contribution is 9.10. The number of phenols is 1. The van der Waals surface area contributed by atoms with E-state index in [0.29, 0.717) is 0 Å². The summed E-state index contributed by atoms with van der Waals surface area (Å²) in [5.74, 6) is -5.84. The number of aliphatic carboxylic acids is 1. The van der Waals surface area contributed by atoms with Gasteiger partial charge >= 0.3 is 5.97 Å². The summed E-state index contributed by atoms with van der Waals surface area (Å²) in [7, 11) is 0. The summed E-state index contributed by atoms with van der Waals surface area (Å²) in [5, 5.41) is 17.6. The largest absolute Gasteiger partial charge is 0.506 e. The fourth-order valence-corrected chi connectivity index (χ4v) is 1.46. The summed E-state index contributed by atoms with van der Waals surface area (Å²) in [5.41, 5.74) is -0.695. The smallest absolute Gasteiger partial charge is 0.309 e. The molecule has 0 aliphatic carbocycles. The summed E-state index contributed by atoms with van der Waals surface area (Å²) in [4.78, 5) is 10.2. The molecule has 0 aliphatic heterocycles. The summed E-state index contributed by atoms with van der Waals surface area (Å²) < 4.78 is 26.7. The lowest BCUT2D eigenvalue weighted by Gasteiger charge is -2.16. The number of alkyl halides is 2. The number of hydrogen-bond donors (Lipinski definition) is 2. The topological polar surface area (TPSA) is 57.5 Å². The van der Waals surface area contributed by atoms with E-state index in [4.69, 9.17) is 5.11 Å². The molecule has 0 bridgehead atoms. The van der Waals surface area contributed by atoms with Gasteiger partial charge in [0, 0.05) is 0 Å². The van der Waals surface area contributed by atoms with E-state index in [0.717, 1.165) is 6.07 Å². The van der Waals surface area contributed by atoms with E-state index in [1.54, 1.807) is 0 Å². The first-order valence-electron chi connectivity index (χ1n) is 3.92. The Bertz CT molecular complexity index is 393. The standard InChI is InChI=1S/C9H7BrF2O3/c10-6-3-1-2-5(8(6)15)9(11,12)4-7(13)14/h1-3,15H,4H2,(H,13,14). The molecule has 82 valence electrons. The van der Waals surface area contributed by atoms with Crippen LogP contribution in [-0.4, -0.2) is 16.2 Å². The summed E-state index contributed by atoms with van der Waals surface area (Å²) in [6.45, 7) is 0. The molecule has 0 radical (unpaired) electrons. The van der Waals surface area contributed by atoms with Gasteiger partial charge in [-0.05, 0) is 28.1 Å². The third-order valence-electron chi connectivity index (χ3n) is 1.75. The van der Waals surface area contributed by atoms with Gasteiger partial charge in [-0.25, -0.2) is 8.78 Å². The van der Waals surface area contributed by atoms with E-state index >= 15 is 0 Å². The molecule has 0 aliphatic rings. The Labute approximate surface area is 92.5 Å². The average Bonchev–Trinajstić information content (AvgIpc) is 2.07. The number of carbonyl (C=O) groups is 1. The second kappa shape index (κ2) is 4.14. The Morgan fingerprint density at radius 1 is 1.47 bits per heavy atom. The minimum absolute atomic E-state index is 0.102. The third-order valence-corrected chi connectivity index (χ3v) is 2.39. The van der Waals surface area contributed by atoms with Crippen molar-refractivity contribution in [3.8, 4) is 5.75 Å². The van der Waals surface area contributed by atoms with Crippen LogP contribution in [0.3, 0.4) is 0 Å². The van der Waals surface area contributed by atoms with Crippen molar-refractivity contribution >= 4 is 21.9 Å². The Morgan fingerprint density at radius 2 is 2.07 bits per heavy atom. The highest BCUT2D eigenvalue weighted by Crippen LogP contribution is 2.40. The number of halogens is 3. The third kappa shape index (κ3) is 2.65. The van der Waals surface area contributed by atoms with Crippen molar-refractivity contribution in [3.63, 3.8) is 0 Å². The van der Waals surface area contributed by atoms with Crippen LogP contribution in [0.15, 0.2) is 22.7 Å². The zero-order valence-corrected chi connectivity index (χ0v) is 8.96. The number of carboxylic acids is 1. The number of rotatable bonds is 3. The SMILES string of the molecule is O=C(O)CC(F)(F)c1cccc(Br)c1O. The number of hydrogen-bond acceptors (Lipinski definition) is 2. The van der Waals surface area contributed by atoms with Crippen LogP contribution in [-0.2, 0) is 10.7 Å². The van der Waals surface area contributed by atoms with Gasteiger partial charge in [-0.3, -0.25) is 4.79 Å². The van der Waals surface area contributed by atoms with Gasteiger partial charge in [-0.2, -0.15) is 0 Å². The van der Waals surface area contributed by atoms with Crippen molar-refractivity contribution in [2.45, 2.75) is 12.3 Å². The maximum Gasteiger partial charge on any atom is 0.309 e. The molecule has 0 spiro atoms. The van der Waals surface area contributed by atoms with Gasteiger partial charge in [-0.15, -0.1) is 0 Å². The number of carboxylic acid groups (broad SMARTS) is 1. The molecular formula is C9H7BrF2O3. The van der Waals surface area contributed by atoms with Gasteiger partial charge in [0.2, 0.25) is 0 Å². The lowest BCUT2D eigenvalue weighted by molar-refractivity contribution is -0.145. The Balaban J connectivity index is 3.14. The van der Waals surface area contributed by atoms with Crippen molar-refractivity contribution < 1.29 is 23.8 Å². The molecule has 0 fully saturated rings. The number of benzene rings is 1. The quantitative estimate of drug-likeness (QED) is 0.895. The molecule has 0 saturated carbocycles. The Hall–Kier alpha value is -1.17. The highest BCUT2D eigenvalue weighted by Gasteiger charge is 2.37. The zero-order chi connectivity index (χ0) is 11.6. The maximum absolute atomic E-state index is 13.3. The molecule has 6 heteroatoms. The van der Waals surface area contributed by atoms with E-state index < -0.39 is 29.6 Å². The normalized spacial score (nSPS) is 11.4. The van der Waals surface area contributed by atoms with Crippen LogP contribution in [0.5, 0.6) is 5.75 Å². The van der Waals surface area contributed by atoms with Gasteiger partial charge in [0.15, 0.2) is 0 Å². The van der Waals surface area contributed by atoms with E-state index in [2.05, 4.69) is 15.9 Å². The van der Waals surface area contributed by atoms with Gasteiger partial charge in [-0.1, -0.05) is 6.07 Å². The van der Waals surface area contributed by atoms with Crippen LogP contribution < -0.4 is 0 Å². The molecule has 0 atom stereocenters. The highest BCUT2D eigenvalue weighted by atomic mass is 79.9. The minimum atomic E-state index is -3.58. The molecule has 0 amide bonds. The fourth-order valence-electron chi connectivity index (χ4n) is 1.10. The molecule has 1 rings (SSSR count). The van der Waals surface area contributed by atoms with Crippen molar-refractivity contribution in [2.75, 3.05) is 0 Å². The molecule has 15 heavy (non-hydrogen) atoms. The van der Waals surface area contributed by atoms with Crippen LogP contribution in [0.2, 0.25) is 0 Å². The molecule has 3 nitrogen and oxygen atoms in total. The van der Waals surface area contributed by atoms with E-state index in [1.165, 1.54) is 12.1 Å². The number of para-hydroxylation sites is 1. The molecule has 1 aromatic carbocycles. The van der Waals surface area contributed by atoms with Gasteiger partial charge in [0.25, 0.3) is 5.92 Å². The van der Waals surface area contributed by atoms with Gasteiger partial charge < -0.3 is 10.2 Å². The van der Waals surface area contributed by atoms with Crippen LogP contribution >= 0.6 is 15.9 Å². The molecule has 0 unspecified atom stereocenters. The summed E-state index contributed by atoms with van der Waals surface area (Å²) in [6.07, 6.45) is -1.35. The summed E-state index contributed by atoms with van der Waals surface area (Å²) in [6, 6.07) is 3.67. The van der Waals surface area contributed by atoms with Crippen molar-refractivity contribution in [2.24, 2.45) is 0 Å². The first-order chi connectivity index (χ1) is 6.84. The molecule has 0 heterocycles. The summed E-state index contributed by atoms with van der Waals surface area (Å²) >= 11 is 2.87. The van der Waals surface area contributed by atoms with E-state index in [-0.39, 0.29) is 4.47 Å². The minimum Gasteiger partial charge on any atom is -0.506 e. The van der Waals surface area contributed by atoms with Gasteiger partial charge in [0.05, 0.1) is 10.0 Å². The monoisotopic (exact) mass is 280 g/mol. The van der Waals surface area contributed by atoms with Crippen LogP contribution in [0.4, 0.5) is 8.78 Å². The predicted molar refractivity (Wildman–Crippen MR) is 52.0 cm³/mol. The Kier molecular flexibility index (Phi) is 3.28. The van der Waals surface area contributed by atoms with Crippen LogP contribution in [0.1, 0.15) is 12.0 Å². The average molecular weight is 281 g/mol. The van der Waals surface area contributed by atoms with Gasteiger partial charge in [0.1, 0.15) is 12.2 Å². The van der Waals surface area contributed by atoms with E-state index in [9.17, 15) is 18.7 Å². The Morgan fingerprint density at radius 3 is 2.60 bits per heavy atom. The first-order valence-corrected chi connectivity index (χ1v) is 4.71. The van der Waals surface area contributed by atoms with Crippen LogP contribution in [0.25, 0.3) is 0 Å².